The van der Waals surface area contributed by atoms with Gasteiger partial charge in [0.15, 0.2) is 0 Å². The summed E-state index contributed by atoms with van der Waals surface area (Å²) < 4.78 is 69.1. The number of anilines is 1. The van der Waals surface area contributed by atoms with E-state index in [0.29, 0.717) is 22.0 Å². The Morgan fingerprint density at radius 2 is 1.55 bits per heavy atom. The molecule has 42 heavy (non-hydrogen) atoms. The molecule has 2 amide bonds. The minimum absolute atomic E-state index is 0.147. The third-order valence-electron chi connectivity index (χ3n) is 6.23. The number of hydrogen-bond acceptors (Lipinski definition) is 4. The fraction of sp³-hybridized carbons (Fsp3) is 0.286. The van der Waals surface area contributed by atoms with Crippen LogP contribution >= 0.6 is 34.8 Å². The Hall–Kier alpha value is -2.99. The molecule has 0 saturated carbocycles. The van der Waals surface area contributed by atoms with Crippen molar-refractivity contribution in [1.82, 2.24) is 10.2 Å². The Kier molecular flexibility index (Phi) is 11.2. The van der Waals surface area contributed by atoms with Gasteiger partial charge in [0, 0.05) is 13.1 Å². The Balaban J connectivity index is 2.16. The summed E-state index contributed by atoms with van der Waals surface area (Å²) in [5.74, 6) is -1.37. The topological polar surface area (TPSA) is 86.8 Å². The zero-order valence-electron chi connectivity index (χ0n) is 22.5. The number of carbonyl (C=O) groups is 2. The molecule has 0 aliphatic rings. The van der Waals surface area contributed by atoms with Gasteiger partial charge in [0.1, 0.15) is 12.6 Å². The zero-order chi connectivity index (χ0) is 31.2. The van der Waals surface area contributed by atoms with Gasteiger partial charge in [-0.05, 0) is 61.4 Å². The molecule has 3 aromatic carbocycles. The molecule has 0 saturated heterocycles. The Morgan fingerprint density at radius 3 is 2.12 bits per heavy atom. The highest BCUT2D eigenvalue weighted by molar-refractivity contribution is 7.92. The molecular weight excluding hydrogens is 638 g/mol. The summed E-state index contributed by atoms with van der Waals surface area (Å²) in [5, 5.41) is 2.77. The molecule has 0 radical (unpaired) electrons. The Bertz CT molecular complexity index is 1540. The maximum Gasteiger partial charge on any atom is 0.416 e. The predicted octanol–water partition coefficient (Wildman–Crippen LogP) is 6.80. The van der Waals surface area contributed by atoms with Crippen molar-refractivity contribution < 1.29 is 31.2 Å². The molecule has 0 aliphatic carbocycles. The number of alkyl halides is 3. The quantitative estimate of drug-likeness (QED) is 0.244. The lowest BCUT2D eigenvalue weighted by Gasteiger charge is -2.33. The van der Waals surface area contributed by atoms with Crippen molar-refractivity contribution in [2.75, 3.05) is 17.4 Å². The minimum Gasteiger partial charge on any atom is -0.355 e. The number of rotatable bonds is 11. The molecule has 0 aromatic heterocycles. The normalized spacial score (nSPS) is 12.5. The molecule has 0 aliphatic heterocycles. The highest BCUT2D eigenvalue weighted by atomic mass is 35.5. The summed E-state index contributed by atoms with van der Waals surface area (Å²) in [6.07, 6.45) is -4.67. The predicted molar refractivity (Wildman–Crippen MR) is 157 cm³/mol. The van der Waals surface area contributed by atoms with E-state index in [0.717, 1.165) is 11.0 Å². The monoisotopic (exact) mass is 663 g/mol. The van der Waals surface area contributed by atoms with Gasteiger partial charge in [-0.1, -0.05) is 66.0 Å². The smallest absolute Gasteiger partial charge is 0.355 e. The molecule has 226 valence electrons. The number of carbonyl (C=O) groups excluding carboxylic acids is 2. The molecular formula is C28H27Cl3F3N3O4S. The van der Waals surface area contributed by atoms with Gasteiger partial charge in [-0.15, -0.1) is 0 Å². The highest BCUT2D eigenvalue weighted by Gasteiger charge is 2.37. The number of halogens is 6. The van der Waals surface area contributed by atoms with Gasteiger partial charge in [-0.3, -0.25) is 13.9 Å². The van der Waals surface area contributed by atoms with E-state index < -0.39 is 51.9 Å². The van der Waals surface area contributed by atoms with E-state index >= 15 is 0 Å². The Morgan fingerprint density at radius 1 is 0.905 bits per heavy atom. The summed E-state index contributed by atoms with van der Waals surface area (Å²) >= 11 is 18.4. The number of sulfonamides is 1. The SMILES string of the molecule is CCNC(=O)[C@@H](CC)N(Cc1ccc(Cl)c(Cl)c1)C(=O)CN(c1cc(C(F)(F)F)ccc1Cl)S(=O)(=O)c1ccccc1. The van der Waals surface area contributed by atoms with E-state index in [9.17, 15) is 31.2 Å². The number of amides is 2. The summed E-state index contributed by atoms with van der Waals surface area (Å²) in [6.45, 7) is 2.48. The number of hydrogen-bond donors (Lipinski definition) is 1. The number of nitrogens with zero attached hydrogens (tertiary/aromatic N) is 2. The van der Waals surface area contributed by atoms with Crippen LogP contribution < -0.4 is 9.62 Å². The van der Waals surface area contributed by atoms with Crippen molar-refractivity contribution in [3.63, 3.8) is 0 Å². The second-order valence-electron chi connectivity index (χ2n) is 9.08. The molecule has 0 spiro atoms. The second kappa shape index (κ2) is 14.0. The first-order chi connectivity index (χ1) is 19.7. The maximum absolute atomic E-state index is 14.0. The van der Waals surface area contributed by atoms with E-state index in [2.05, 4.69) is 5.32 Å². The van der Waals surface area contributed by atoms with Crippen LogP contribution in [0.4, 0.5) is 18.9 Å². The van der Waals surface area contributed by atoms with Crippen molar-refractivity contribution in [1.29, 1.82) is 0 Å². The van der Waals surface area contributed by atoms with E-state index in [1.54, 1.807) is 26.0 Å². The largest absolute Gasteiger partial charge is 0.416 e. The molecule has 1 atom stereocenters. The lowest BCUT2D eigenvalue weighted by atomic mass is 10.1. The fourth-order valence-electron chi connectivity index (χ4n) is 4.16. The molecule has 0 unspecified atom stereocenters. The van der Waals surface area contributed by atoms with E-state index in [4.69, 9.17) is 34.8 Å². The van der Waals surface area contributed by atoms with E-state index in [-0.39, 0.29) is 39.5 Å². The van der Waals surface area contributed by atoms with Crippen molar-refractivity contribution in [2.24, 2.45) is 0 Å². The van der Waals surface area contributed by atoms with Crippen molar-refractivity contribution in [3.05, 3.63) is 92.9 Å². The van der Waals surface area contributed by atoms with Gasteiger partial charge in [-0.25, -0.2) is 8.42 Å². The first-order valence-corrected chi connectivity index (χ1v) is 15.2. The molecule has 14 heteroatoms. The standard InChI is InChI=1S/C28H27Cl3F3N3O4S/c1-3-24(27(39)35-4-2)36(16-18-10-12-21(29)23(31)14-18)26(38)17-37(42(40,41)20-8-6-5-7-9-20)25-15-19(28(32,33)34)11-13-22(25)30/h5-15,24H,3-4,16-17H2,1-2H3,(H,35,39)/t24-/m1/s1. The summed E-state index contributed by atoms with van der Waals surface area (Å²) in [6, 6.07) is 12.6. The summed E-state index contributed by atoms with van der Waals surface area (Å²) in [5.41, 5.74) is -1.23. The van der Waals surface area contributed by atoms with Gasteiger partial charge in [0.05, 0.1) is 31.2 Å². The van der Waals surface area contributed by atoms with Gasteiger partial charge in [-0.2, -0.15) is 13.2 Å². The van der Waals surface area contributed by atoms with Crippen molar-refractivity contribution in [3.8, 4) is 0 Å². The van der Waals surface area contributed by atoms with Crippen LogP contribution in [-0.4, -0.2) is 44.3 Å². The second-order valence-corrected chi connectivity index (χ2v) is 12.2. The molecule has 0 bridgehead atoms. The van der Waals surface area contributed by atoms with E-state index in [1.165, 1.54) is 36.4 Å². The van der Waals surface area contributed by atoms with Crippen LogP contribution in [-0.2, 0) is 32.3 Å². The molecule has 3 rings (SSSR count). The average molecular weight is 665 g/mol. The van der Waals surface area contributed by atoms with Crippen LogP contribution in [0.15, 0.2) is 71.6 Å². The number of nitrogens with one attached hydrogen (secondary N) is 1. The average Bonchev–Trinajstić information content (AvgIpc) is 2.93. The van der Waals surface area contributed by atoms with Crippen LogP contribution in [0.3, 0.4) is 0 Å². The van der Waals surface area contributed by atoms with Gasteiger partial charge >= 0.3 is 6.18 Å². The highest BCUT2D eigenvalue weighted by Crippen LogP contribution is 2.37. The Labute approximate surface area is 257 Å². The molecule has 1 N–H and O–H groups in total. The van der Waals surface area contributed by atoms with Crippen LogP contribution in [0.25, 0.3) is 0 Å². The maximum atomic E-state index is 14.0. The minimum atomic E-state index is -4.82. The lowest BCUT2D eigenvalue weighted by Crippen LogP contribution is -2.52. The number of benzene rings is 3. The van der Waals surface area contributed by atoms with Crippen molar-refractivity contribution >= 4 is 62.3 Å². The molecule has 0 fully saturated rings. The van der Waals surface area contributed by atoms with Gasteiger partial charge in [0.25, 0.3) is 10.0 Å². The zero-order valence-corrected chi connectivity index (χ0v) is 25.5. The number of likely N-dealkylation sites (N-methyl/N-ethyl adjacent to an activating group) is 1. The molecule has 3 aromatic rings. The van der Waals surface area contributed by atoms with Crippen LogP contribution in [0, 0.1) is 0 Å². The third kappa shape index (κ3) is 7.89. The first-order valence-electron chi connectivity index (χ1n) is 12.7. The summed E-state index contributed by atoms with van der Waals surface area (Å²) in [7, 11) is -4.62. The molecule has 7 nitrogen and oxygen atoms in total. The van der Waals surface area contributed by atoms with Gasteiger partial charge < -0.3 is 10.2 Å². The van der Waals surface area contributed by atoms with Crippen LogP contribution in [0.2, 0.25) is 15.1 Å². The molecule has 0 heterocycles. The lowest BCUT2D eigenvalue weighted by molar-refractivity contribution is -0.140. The third-order valence-corrected chi connectivity index (χ3v) is 9.06. The van der Waals surface area contributed by atoms with Crippen LogP contribution in [0.1, 0.15) is 31.4 Å². The first kappa shape index (κ1) is 33.5. The van der Waals surface area contributed by atoms with Gasteiger partial charge in [0.2, 0.25) is 11.8 Å². The van der Waals surface area contributed by atoms with Crippen LogP contribution in [0.5, 0.6) is 0 Å². The van der Waals surface area contributed by atoms with E-state index in [1.807, 2.05) is 0 Å². The van der Waals surface area contributed by atoms with Crippen molar-refractivity contribution in [2.45, 2.75) is 43.9 Å². The fourth-order valence-corrected chi connectivity index (χ4v) is 6.20. The summed E-state index contributed by atoms with van der Waals surface area (Å²) in [4.78, 5) is 27.8.